The number of hydrogen-bond acceptors (Lipinski definition) is 5. The topological polar surface area (TPSA) is 51.6 Å². The third-order valence-electron chi connectivity index (χ3n) is 8.60. The van der Waals surface area contributed by atoms with E-state index in [1.807, 2.05) is 72.9 Å². The summed E-state index contributed by atoms with van der Waals surface area (Å²) in [6.07, 6.45) is 1.87. The molecule has 0 bridgehead atoms. The fourth-order valence-corrected chi connectivity index (χ4v) is 7.36. The second-order valence-corrected chi connectivity index (χ2v) is 12.6. The van der Waals surface area contributed by atoms with E-state index in [0.29, 0.717) is 17.5 Å². The van der Waals surface area contributed by atoms with Gasteiger partial charge in [0.15, 0.2) is 17.5 Å². The average molecular weight is 619 g/mol. The summed E-state index contributed by atoms with van der Waals surface area (Å²) in [6.45, 7) is 0. The molecule has 0 atom stereocenters. The molecule has 4 nitrogen and oxygen atoms in total. The van der Waals surface area contributed by atoms with Crippen molar-refractivity contribution in [3.63, 3.8) is 0 Å². The highest BCUT2D eigenvalue weighted by Crippen LogP contribution is 2.40. The first kappa shape index (κ1) is 27.3. The maximum atomic E-state index is 5.15. The van der Waals surface area contributed by atoms with Crippen molar-refractivity contribution in [2.45, 2.75) is 0 Å². The Morgan fingerprint density at radius 3 is 1.83 bits per heavy atom. The molecule has 47 heavy (non-hydrogen) atoms. The highest BCUT2D eigenvalue weighted by Gasteiger charge is 2.18. The fourth-order valence-electron chi connectivity index (χ4n) is 6.32. The van der Waals surface area contributed by atoms with Crippen molar-refractivity contribution in [1.82, 2.24) is 19.9 Å². The summed E-state index contributed by atoms with van der Waals surface area (Å²) < 4.78 is 2.40. The molecule has 3 aromatic heterocycles. The van der Waals surface area contributed by atoms with Gasteiger partial charge in [0, 0.05) is 33.0 Å². The lowest BCUT2D eigenvalue weighted by Crippen LogP contribution is -2.01. The molecule has 0 aliphatic rings. The first-order valence-electron chi connectivity index (χ1n) is 15.6. The molecule has 5 heteroatoms. The molecule has 9 aromatic rings. The third-order valence-corrected chi connectivity index (χ3v) is 9.72. The zero-order valence-corrected chi connectivity index (χ0v) is 26.0. The molecule has 0 unspecified atom stereocenters. The van der Waals surface area contributed by atoms with Crippen LogP contribution in [0.4, 0.5) is 0 Å². The van der Waals surface area contributed by atoms with Gasteiger partial charge in [-0.2, -0.15) is 0 Å². The highest BCUT2D eigenvalue weighted by atomic mass is 32.1. The zero-order chi connectivity index (χ0) is 31.2. The van der Waals surface area contributed by atoms with Gasteiger partial charge in [-0.05, 0) is 63.4 Å². The highest BCUT2D eigenvalue weighted by molar-refractivity contribution is 7.25. The molecule has 3 heterocycles. The Morgan fingerprint density at radius 2 is 1.04 bits per heavy atom. The molecular weight excluding hydrogens is 593 g/mol. The fraction of sp³-hybridized carbons (Fsp3) is 0. The van der Waals surface area contributed by atoms with Crippen LogP contribution in [0.25, 0.3) is 87.5 Å². The Hall–Kier alpha value is -6.04. The normalized spacial score (nSPS) is 11.4. The number of hydrogen-bond donors (Lipinski definition) is 0. The second kappa shape index (κ2) is 11.4. The van der Waals surface area contributed by atoms with Gasteiger partial charge in [0.2, 0.25) is 0 Å². The number of aromatic nitrogens is 4. The number of pyridine rings is 1. The van der Waals surface area contributed by atoms with Crippen LogP contribution in [0, 0.1) is 0 Å². The van der Waals surface area contributed by atoms with Gasteiger partial charge in [-0.15, -0.1) is 11.3 Å². The lowest BCUT2D eigenvalue weighted by Gasteiger charge is -2.15. The second-order valence-electron chi connectivity index (χ2n) is 11.5. The maximum Gasteiger partial charge on any atom is 0.164 e. The van der Waals surface area contributed by atoms with E-state index in [1.54, 1.807) is 11.3 Å². The summed E-state index contributed by atoms with van der Waals surface area (Å²) in [5.41, 5.74) is 8.27. The number of rotatable bonds is 5. The molecule has 9 rings (SSSR count). The maximum absolute atomic E-state index is 5.15. The van der Waals surface area contributed by atoms with Crippen molar-refractivity contribution in [1.29, 1.82) is 0 Å². The molecule has 0 fully saturated rings. The van der Waals surface area contributed by atoms with Crippen LogP contribution < -0.4 is 0 Å². The summed E-state index contributed by atoms with van der Waals surface area (Å²) in [7, 11) is 0. The predicted octanol–water partition coefficient (Wildman–Crippen LogP) is 11.1. The van der Waals surface area contributed by atoms with Crippen LogP contribution in [0.2, 0.25) is 0 Å². The Bertz CT molecular complexity index is 2510. The molecule has 0 aliphatic heterocycles. The van der Waals surface area contributed by atoms with Gasteiger partial charge in [0.05, 0.1) is 10.2 Å². The predicted molar refractivity (Wildman–Crippen MR) is 195 cm³/mol. The van der Waals surface area contributed by atoms with E-state index in [0.717, 1.165) is 44.3 Å². The Kier molecular flexibility index (Phi) is 6.61. The zero-order valence-electron chi connectivity index (χ0n) is 25.2. The van der Waals surface area contributed by atoms with Gasteiger partial charge in [0.1, 0.15) is 0 Å². The Morgan fingerprint density at radius 1 is 0.383 bits per heavy atom. The Balaban J connectivity index is 1.32. The number of benzene rings is 6. The molecule has 0 aliphatic carbocycles. The monoisotopic (exact) mass is 618 g/mol. The molecule has 0 saturated heterocycles. The van der Waals surface area contributed by atoms with Crippen molar-refractivity contribution in [2.75, 3.05) is 0 Å². The van der Waals surface area contributed by atoms with Gasteiger partial charge in [-0.3, -0.25) is 4.98 Å². The molecule has 220 valence electrons. The standard InChI is InChI=1S/C42H26N4S/c1-3-12-28(13-4-1)40-44-41(29-14-5-2-6-15-29)46-42(45-40)35-25-30(33-18-9-16-27-11-7-8-17-32(27)33)20-22-34(35)31-21-23-37-36(26-31)39-38(47-37)19-10-24-43-39/h1-26H. The van der Waals surface area contributed by atoms with Crippen molar-refractivity contribution >= 4 is 42.4 Å². The van der Waals surface area contributed by atoms with Crippen LogP contribution in [0.15, 0.2) is 158 Å². The quantitative estimate of drug-likeness (QED) is 0.193. The van der Waals surface area contributed by atoms with E-state index in [2.05, 4.69) is 84.9 Å². The van der Waals surface area contributed by atoms with Gasteiger partial charge in [-0.1, -0.05) is 121 Å². The lowest BCUT2D eigenvalue weighted by molar-refractivity contribution is 1.07. The van der Waals surface area contributed by atoms with E-state index < -0.39 is 0 Å². The van der Waals surface area contributed by atoms with Gasteiger partial charge >= 0.3 is 0 Å². The Labute approximate surface area is 275 Å². The van der Waals surface area contributed by atoms with Crippen LogP contribution in [-0.4, -0.2) is 19.9 Å². The van der Waals surface area contributed by atoms with E-state index in [4.69, 9.17) is 19.9 Å². The summed E-state index contributed by atoms with van der Waals surface area (Å²) in [5.74, 6) is 1.90. The average Bonchev–Trinajstić information content (AvgIpc) is 3.53. The van der Waals surface area contributed by atoms with E-state index in [1.165, 1.54) is 25.7 Å². The molecule has 6 aromatic carbocycles. The van der Waals surface area contributed by atoms with Crippen molar-refractivity contribution in [2.24, 2.45) is 0 Å². The van der Waals surface area contributed by atoms with Crippen LogP contribution in [-0.2, 0) is 0 Å². The summed E-state index contributed by atoms with van der Waals surface area (Å²) in [5, 5.41) is 3.56. The third kappa shape index (κ3) is 4.94. The van der Waals surface area contributed by atoms with E-state index in [-0.39, 0.29) is 0 Å². The summed E-state index contributed by atoms with van der Waals surface area (Å²) in [4.78, 5) is 20.0. The smallest absolute Gasteiger partial charge is 0.164 e. The van der Waals surface area contributed by atoms with E-state index in [9.17, 15) is 0 Å². The first-order valence-corrected chi connectivity index (χ1v) is 16.4. The molecular formula is C42H26N4S. The van der Waals surface area contributed by atoms with Crippen molar-refractivity contribution < 1.29 is 0 Å². The minimum absolute atomic E-state index is 0.628. The molecule has 0 saturated carbocycles. The van der Waals surface area contributed by atoms with Crippen molar-refractivity contribution in [3.05, 3.63) is 158 Å². The molecule has 0 radical (unpaired) electrons. The summed E-state index contributed by atoms with van der Waals surface area (Å²) in [6, 6.07) is 52.7. The van der Waals surface area contributed by atoms with Crippen LogP contribution in [0.5, 0.6) is 0 Å². The lowest BCUT2D eigenvalue weighted by atomic mass is 9.92. The van der Waals surface area contributed by atoms with Crippen LogP contribution in [0.1, 0.15) is 0 Å². The van der Waals surface area contributed by atoms with Gasteiger partial charge < -0.3 is 0 Å². The largest absolute Gasteiger partial charge is 0.255 e. The number of thiophene rings is 1. The SMILES string of the molecule is c1ccc(-c2nc(-c3ccccc3)nc(-c3cc(-c4cccc5ccccc45)ccc3-c3ccc4sc5cccnc5c4c3)n2)cc1. The molecule has 0 spiro atoms. The number of nitrogens with zero attached hydrogens (tertiary/aromatic N) is 4. The van der Waals surface area contributed by atoms with Gasteiger partial charge in [-0.25, -0.2) is 15.0 Å². The van der Waals surface area contributed by atoms with Crippen LogP contribution >= 0.6 is 11.3 Å². The molecule has 0 N–H and O–H groups in total. The minimum atomic E-state index is 0.628. The van der Waals surface area contributed by atoms with Crippen LogP contribution in [0.3, 0.4) is 0 Å². The molecule has 0 amide bonds. The minimum Gasteiger partial charge on any atom is -0.255 e. The van der Waals surface area contributed by atoms with E-state index >= 15 is 0 Å². The van der Waals surface area contributed by atoms with Gasteiger partial charge in [0.25, 0.3) is 0 Å². The summed E-state index contributed by atoms with van der Waals surface area (Å²) >= 11 is 1.77. The number of fused-ring (bicyclic) bond motifs is 4. The van der Waals surface area contributed by atoms with Crippen molar-refractivity contribution in [3.8, 4) is 56.4 Å². The first-order chi connectivity index (χ1) is 23.3.